The third-order valence-corrected chi connectivity index (χ3v) is 3.34. The normalized spacial score (nSPS) is 15.2. The highest BCUT2D eigenvalue weighted by atomic mass is 19.1. The first kappa shape index (κ1) is 13.6. The van der Waals surface area contributed by atoms with Crippen molar-refractivity contribution in [2.75, 3.05) is 31.2 Å². The number of hydrogen-bond acceptors (Lipinski definition) is 5. The first-order chi connectivity index (χ1) is 10.2. The summed E-state index contributed by atoms with van der Waals surface area (Å²) >= 11 is 0. The van der Waals surface area contributed by atoms with Gasteiger partial charge < -0.3 is 14.7 Å². The third kappa shape index (κ3) is 2.59. The number of hydrogen-bond donors (Lipinski definition) is 2. The molecule has 3 rings (SSSR count). The zero-order valence-corrected chi connectivity index (χ0v) is 11.2. The molecule has 0 bridgehead atoms. The summed E-state index contributed by atoms with van der Waals surface area (Å²) in [5.74, 6) is -0.801. The molecule has 0 atom stereocenters. The monoisotopic (exact) mass is 291 g/mol. The van der Waals surface area contributed by atoms with Gasteiger partial charge in [0.1, 0.15) is 11.4 Å². The van der Waals surface area contributed by atoms with Gasteiger partial charge in [-0.25, -0.2) is 4.39 Å². The molecule has 0 radical (unpaired) electrons. The summed E-state index contributed by atoms with van der Waals surface area (Å²) in [6.07, 6.45) is 0. The van der Waals surface area contributed by atoms with Gasteiger partial charge in [-0.15, -0.1) is 0 Å². The van der Waals surface area contributed by atoms with Gasteiger partial charge in [-0.2, -0.15) is 4.98 Å². The van der Waals surface area contributed by atoms with Crippen LogP contribution in [0.3, 0.4) is 0 Å². The lowest BCUT2D eigenvalue weighted by Gasteiger charge is -2.27. The van der Waals surface area contributed by atoms with Crippen molar-refractivity contribution in [1.29, 1.82) is 0 Å². The molecule has 2 heterocycles. The predicted molar refractivity (Wildman–Crippen MR) is 74.9 cm³/mol. The number of morpholine rings is 1. The van der Waals surface area contributed by atoms with E-state index < -0.39 is 17.3 Å². The molecule has 1 saturated heterocycles. The molecule has 1 aromatic carbocycles. The van der Waals surface area contributed by atoms with E-state index in [1.807, 2.05) is 0 Å². The zero-order valence-electron chi connectivity index (χ0n) is 11.2. The third-order valence-electron chi connectivity index (χ3n) is 3.34. The van der Waals surface area contributed by atoms with E-state index in [0.717, 1.165) is 0 Å². The van der Waals surface area contributed by atoms with Gasteiger partial charge >= 0.3 is 0 Å². The lowest BCUT2D eigenvalue weighted by molar-refractivity contribution is 0.122. The number of H-pyrrole nitrogens is 1. The predicted octanol–water partition coefficient (Wildman–Crippen LogP) is 1.12. The average molecular weight is 291 g/mol. The van der Waals surface area contributed by atoms with E-state index in [9.17, 15) is 14.3 Å². The summed E-state index contributed by atoms with van der Waals surface area (Å²) in [5, 5.41) is 10.0. The van der Waals surface area contributed by atoms with E-state index in [2.05, 4.69) is 9.97 Å². The molecular formula is C14H14FN3O3. The Kier molecular flexibility index (Phi) is 3.57. The second kappa shape index (κ2) is 5.53. The van der Waals surface area contributed by atoms with Crippen molar-refractivity contribution >= 4 is 5.95 Å². The Morgan fingerprint density at radius 1 is 1.29 bits per heavy atom. The van der Waals surface area contributed by atoms with Gasteiger partial charge in [-0.05, 0) is 6.07 Å². The number of aromatic nitrogens is 2. The van der Waals surface area contributed by atoms with Crippen LogP contribution in [0.2, 0.25) is 0 Å². The summed E-state index contributed by atoms with van der Waals surface area (Å²) < 4.78 is 19.0. The fourth-order valence-electron chi connectivity index (χ4n) is 2.28. The highest BCUT2D eigenvalue weighted by Crippen LogP contribution is 2.27. The SMILES string of the molecule is O=c1[nH]c(N2CCOCC2)nc(O)c1-c1ccccc1F. The van der Waals surface area contributed by atoms with Gasteiger partial charge in [0, 0.05) is 18.7 Å². The van der Waals surface area contributed by atoms with Crippen LogP contribution >= 0.6 is 0 Å². The second-order valence-corrected chi connectivity index (χ2v) is 4.67. The molecular weight excluding hydrogens is 277 g/mol. The lowest BCUT2D eigenvalue weighted by atomic mass is 10.1. The number of halogens is 1. The van der Waals surface area contributed by atoms with E-state index in [-0.39, 0.29) is 17.1 Å². The van der Waals surface area contributed by atoms with Crippen molar-refractivity contribution in [3.05, 3.63) is 40.4 Å². The van der Waals surface area contributed by atoms with Crippen LogP contribution in [0.4, 0.5) is 10.3 Å². The van der Waals surface area contributed by atoms with Crippen molar-refractivity contribution in [3.8, 4) is 17.0 Å². The minimum atomic E-state index is -0.584. The maximum absolute atomic E-state index is 13.8. The van der Waals surface area contributed by atoms with Crippen LogP contribution in [0.25, 0.3) is 11.1 Å². The quantitative estimate of drug-likeness (QED) is 0.867. The maximum Gasteiger partial charge on any atom is 0.264 e. The molecule has 21 heavy (non-hydrogen) atoms. The maximum atomic E-state index is 13.8. The standard InChI is InChI=1S/C14H14FN3O3/c15-10-4-2-1-3-9(10)11-12(19)16-14(17-13(11)20)18-5-7-21-8-6-18/h1-4H,5-8H2,(H2,16,17,19,20). The number of anilines is 1. The molecule has 1 aliphatic heterocycles. The number of aromatic hydroxyl groups is 1. The summed E-state index contributed by atoms with van der Waals surface area (Å²) in [5.41, 5.74) is -0.712. The topological polar surface area (TPSA) is 78.5 Å². The molecule has 0 saturated carbocycles. The van der Waals surface area contributed by atoms with E-state index in [1.54, 1.807) is 11.0 Å². The molecule has 1 aliphatic rings. The molecule has 1 aromatic heterocycles. The lowest BCUT2D eigenvalue weighted by Crippen LogP contribution is -2.38. The van der Waals surface area contributed by atoms with Crippen LogP contribution in [0.5, 0.6) is 5.88 Å². The van der Waals surface area contributed by atoms with E-state index >= 15 is 0 Å². The second-order valence-electron chi connectivity index (χ2n) is 4.67. The van der Waals surface area contributed by atoms with Crippen LogP contribution in [0.1, 0.15) is 0 Å². The van der Waals surface area contributed by atoms with Gasteiger partial charge in [-0.1, -0.05) is 18.2 Å². The van der Waals surface area contributed by atoms with Gasteiger partial charge in [0.25, 0.3) is 5.56 Å². The van der Waals surface area contributed by atoms with Crippen molar-refractivity contribution in [3.63, 3.8) is 0 Å². The van der Waals surface area contributed by atoms with Crippen LogP contribution in [0.15, 0.2) is 29.1 Å². The van der Waals surface area contributed by atoms with Gasteiger partial charge in [0.2, 0.25) is 11.8 Å². The Hall–Kier alpha value is -2.41. The van der Waals surface area contributed by atoms with Crippen molar-refractivity contribution < 1.29 is 14.2 Å². The van der Waals surface area contributed by atoms with Crippen LogP contribution in [0, 0.1) is 5.82 Å². The largest absolute Gasteiger partial charge is 0.493 e. The first-order valence-corrected chi connectivity index (χ1v) is 6.57. The van der Waals surface area contributed by atoms with Gasteiger partial charge in [0.05, 0.1) is 13.2 Å². The summed E-state index contributed by atoms with van der Waals surface area (Å²) in [6, 6.07) is 5.76. The number of benzene rings is 1. The Balaban J connectivity index is 2.05. The summed E-state index contributed by atoms with van der Waals surface area (Å²) in [4.78, 5) is 20.5. The van der Waals surface area contributed by atoms with Crippen LogP contribution in [-0.2, 0) is 4.74 Å². The smallest absolute Gasteiger partial charge is 0.264 e. The first-order valence-electron chi connectivity index (χ1n) is 6.57. The summed E-state index contributed by atoms with van der Waals surface area (Å²) in [7, 11) is 0. The highest BCUT2D eigenvalue weighted by molar-refractivity contribution is 5.68. The van der Waals surface area contributed by atoms with E-state index in [4.69, 9.17) is 4.74 Å². The average Bonchev–Trinajstić information content (AvgIpc) is 2.49. The van der Waals surface area contributed by atoms with Crippen molar-refractivity contribution in [1.82, 2.24) is 9.97 Å². The molecule has 0 unspecified atom stereocenters. The van der Waals surface area contributed by atoms with E-state index in [1.165, 1.54) is 18.2 Å². The molecule has 0 amide bonds. The molecule has 2 N–H and O–H groups in total. The Morgan fingerprint density at radius 2 is 2.00 bits per heavy atom. The Morgan fingerprint density at radius 3 is 2.67 bits per heavy atom. The van der Waals surface area contributed by atoms with Gasteiger partial charge in [-0.3, -0.25) is 9.78 Å². The number of aromatic amines is 1. The Labute approximate surface area is 119 Å². The highest BCUT2D eigenvalue weighted by Gasteiger charge is 2.19. The molecule has 1 fully saturated rings. The minimum Gasteiger partial charge on any atom is -0.493 e. The molecule has 6 nitrogen and oxygen atoms in total. The molecule has 110 valence electrons. The number of nitrogens with one attached hydrogen (secondary N) is 1. The Bertz CT molecular complexity index is 711. The van der Waals surface area contributed by atoms with Crippen molar-refractivity contribution in [2.45, 2.75) is 0 Å². The number of rotatable bonds is 2. The zero-order chi connectivity index (χ0) is 14.8. The van der Waals surface area contributed by atoms with Crippen LogP contribution in [-0.4, -0.2) is 41.4 Å². The molecule has 2 aromatic rings. The van der Waals surface area contributed by atoms with Crippen LogP contribution < -0.4 is 10.5 Å². The minimum absolute atomic E-state index is 0.0253. The molecule has 7 heteroatoms. The number of nitrogens with zero attached hydrogens (tertiary/aromatic N) is 2. The fraction of sp³-hybridized carbons (Fsp3) is 0.286. The molecule has 0 spiro atoms. The van der Waals surface area contributed by atoms with Crippen molar-refractivity contribution in [2.24, 2.45) is 0 Å². The summed E-state index contributed by atoms with van der Waals surface area (Å²) in [6.45, 7) is 2.20. The molecule has 0 aliphatic carbocycles. The fourth-order valence-corrected chi connectivity index (χ4v) is 2.28. The van der Waals surface area contributed by atoms with E-state index in [0.29, 0.717) is 26.3 Å². The van der Waals surface area contributed by atoms with Gasteiger partial charge in [0.15, 0.2) is 0 Å². The number of ether oxygens (including phenoxy) is 1.